The normalized spacial score (nSPS) is 12.3. The van der Waals surface area contributed by atoms with Crippen LogP contribution >= 0.6 is 0 Å². The van der Waals surface area contributed by atoms with E-state index < -0.39 is 6.10 Å². The van der Waals surface area contributed by atoms with E-state index in [1.165, 1.54) is 283 Å². The van der Waals surface area contributed by atoms with Crippen LogP contribution in [0, 0.1) is 0 Å². The molecule has 0 aliphatic carbocycles. The van der Waals surface area contributed by atoms with Crippen LogP contribution in [0.25, 0.3) is 0 Å². The molecule has 0 saturated carbocycles. The summed E-state index contributed by atoms with van der Waals surface area (Å²) in [4.78, 5) is 38.5. The third-order valence-electron chi connectivity index (χ3n) is 16.8. The van der Waals surface area contributed by atoms with Crippen molar-refractivity contribution in [3.05, 3.63) is 48.6 Å². The quantitative estimate of drug-likeness (QED) is 0.0261. The summed E-state index contributed by atoms with van der Waals surface area (Å²) >= 11 is 0. The van der Waals surface area contributed by atoms with E-state index in [-0.39, 0.29) is 31.1 Å². The van der Waals surface area contributed by atoms with E-state index in [1.54, 1.807) is 0 Å². The average Bonchev–Trinajstić information content (AvgIpc) is 3.50. The van der Waals surface area contributed by atoms with Gasteiger partial charge in [0.2, 0.25) is 0 Å². The number of allylic oxidation sites excluding steroid dienone is 8. The summed E-state index contributed by atoms with van der Waals surface area (Å²) in [5.74, 6) is -0.833. The molecule has 0 aliphatic heterocycles. The van der Waals surface area contributed by atoms with Crippen molar-refractivity contribution in [1.29, 1.82) is 0 Å². The molecule has 0 saturated heterocycles. The van der Waals surface area contributed by atoms with Crippen molar-refractivity contribution in [2.45, 2.75) is 412 Å². The Balaban J connectivity index is 4.22. The maximum absolute atomic E-state index is 13.0. The Morgan fingerprint density at radius 1 is 0.253 bits per heavy atom. The molecule has 0 heterocycles. The Kier molecular flexibility index (Phi) is 69.6. The lowest BCUT2D eigenvalue weighted by atomic mass is 10.0. The summed E-state index contributed by atoms with van der Waals surface area (Å²) in [7, 11) is 0. The Labute approximate surface area is 518 Å². The van der Waals surface area contributed by atoms with Gasteiger partial charge in [-0.1, -0.05) is 378 Å². The van der Waals surface area contributed by atoms with Gasteiger partial charge in [0.05, 0.1) is 0 Å². The third kappa shape index (κ3) is 70.0. The van der Waals surface area contributed by atoms with Gasteiger partial charge in [-0.05, 0) is 57.8 Å². The molecule has 0 rings (SSSR count). The molecule has 1 atom stereocenters. The van der Waals surface area contributed by atoms with Crippen molar-refractivity contribution in [1.82, 2.24) is 0 Å². The molecular weight excluding hydrogens is 1020 g/mol. The first kappa shape index (κ1) is 80.4. The topological polar surface area (TPSA) is 78.9 Å². The minimum atomic E-state index is -0.770. The first-order valence-electron chi connectivity index (χ1n) is 37.1. The first-order valence-corrected chi connectivity index (χ1v) is 37.1. The van der Waals surface area contributed by atoms with Crippen LogP contribution in [0.1, 0.15) is 406 Å². The molecule has 0 N–H and O–H groups in total. The summed E-state index contributed by atoms with van der Waals surface area (Å²) in [5, 5.41) is 0. The first-order chi connectivity index (χ1) is 41.0. The summed E-state index contributed by atoms with van der Waals surface area (Å²) in [6.45, 7) is 6.61. The van der Waals surface area contributed by atoms with E-state index in [0.29, 0.717) is 19.3 Å². The van der Waals surface area contributed by atoms with E-state index in [4.69, 9.17) is 14.2 Å². The number of hydrogen-bond acceptors (Lipinski definition) is 6. The Bertz CT molecular complexity index is 1430. The smallest absolute Gasteiger partial charge is 0.306 e. The zero-order valence-electron chi connectivity index (χ0n) is 56.0. The van der Waals surface area contributed by atoms with E-state index in [1.807, 2.05) is 0 Å². The average molecular weight is 1160 g/mol. The molecule has 0 aromatic rings. The predicted octanol–water partition coefficient (Wildman–Crippen LogP) is 25.7. The van der Waals surface area contributed by atoms with Gasteiger partial charge in [-0.25, -0.2) is 0 Å². The Morgan fingerprint density at radius 2 is 0.470 bits per heavy atom. The minimum Gasteiger partial charge on any atom is -0.462 e. The molecule has 0 spiro atoms. The highest BCUT2D eigenvalue weighted by atomic mass is 16.6. The summed E-state index contributed by atoms with van der Waals surface area (Å²) in [6.07, 6.45) is 91.5. The van der Waals surface area contributed by atoms with Crippen LogP contribution in [0.2, 0.25) is 0 Å². The second kappa shape index (κ2) is 71.8. The molecule has 0 bridgehead atoms. The van der Waals surface area contributed by atoms with Crippen LogP contribution in [0.4, 0.5) is 0 Å². The fourth-order valence-electron chi connectivity index (χ4n) is 11.3. The molecule has 6 nitrogen and oxygen atoms in total. The monoisotopic (exact) mass is 1160 g/mol. The number of unbranched alkanes of at least 4 members (excludes halogenated alkanes) is 50. The van der Waals surface area contributed by atoms with Crippen LogP contribution in [0.3, 0.4) is 0 Å². The number of hydrogen-bond donors (Lipinski definition) is 0. The van der Waals surface area contributed by atoms with Gasteiger partial charge in [-0.15, -0.1) is 0 Å². The molecule has 0 aliphatic rings. The molecule has 1 unspecified atom stereocenters. The zero-order valence-corrected chi connectivity index (χ0v) is 56.0. The molecule has 0 aromatic heterocycles. The summed E-state index contributed by atoms with van der Waals surface area (Å²) < 4.78 is 17.0. The highest BCUT2D eigenvalue weighted by molar-refractivity contribution is 5.71. The zero-order chi connectivity index (χ0) is 59.9. The van der Waals surface area contributed by atoms with Crippen molar-refractivity contribution in [3.63, 3.8) is 0 Å². The van der Waals surface area contributed by atoms with E-state index in [0.717, 1.165) is 83.5 Å². The molecule has 6 heteroatoms. The predicted molar refractivity (Wildman–Crippen MR) is 362 cm³/mol. The van der Waals surface area contributed by atoms with Gasteiger partial charge in [0, 0.05) is 19.3 Å². The fourth-order valence-corrected chi connectivity index (χ4v) is 11.3. The minimum absolute atomic E-state index is 0.0658. The third-order valence-corrected chi connectivity index (χ3v) is 16.8. The van der Waals surface area contributed by atoms with Crippen molar-refractivity contribution in [2.24, 2.45) is 0 Å². The van der Waals surface area contributed by atoms with E-state index >= 15 is 0 Å². The van der Waals surface area contributed by atoms with Crippen LogP contribution in [0.15, 0.2) is 48.6 Å². The van der Waals surface area contributed by atoms with E-state index in [9.17, 15) is 14.4 Å². The Morgan fingerprint density at radius 3 is 0.735 bits per heavy atom. The number of esters is 3. The molecule has 83 heavy (non-hydrogen) atoms. The SMILES string of the molecule is CC/C=C\C/C=C\C/C=C\C/C=C\CCCCCCCCCCCCCCCCC(=O)OCC(COC(=O)CCCCCCCCCCCCCCCC)OC(=O)CCCCCCCCCCCCCCCCCCCCCCCCCC. The molecule has 486 valence electrons. The van der Waals surface area contributed by atoms with E-state index in [2.05, 4.69) is 69.4 Å². The van der Waals surface area contributed by atoms with Gasteiger partial charge in [-0.3, -0.25) is 14.4 Å². The Hall–Kier alpha value is -2.63. The van der Waals surface area contributed by atoms with Gasteiger partial charge < -0.3 is 14.2 Å². The maximum Gasteiger partial charge on any atom is 0.306 e. The maximum atomic E-state index is 13.0. The van der Waals surface area contributed by atoms with Crippen LogP contribution in [-0.4, -0.2) is 37.2 Å². The largest absolute Gasteiger partial charge is 0.462 e. The van der Waals surface area contributed by atoms with Gasteiger partial charge >= 0.3 is 17.9 Å². The second-order valence-corrected chi connectivity index (χ2v) is 25.2. The number of carbonyl (C=O) groups is 3. The molecule has 0 fully saturated rings. The van der Waals surface area contributed by atoms with Crippen molar-refractivity contribution in [2.75, 3.05) is 13.2 Å². The van der Waals surface area contributed by atoms with Crippen LogP contribution in [0.5, 0.6) is 0 Å². The van der Waals surface area contributed by atoms with Gasteiger partial charge in [0.15, 0.2) is 6.10 Å². The fraction of sp³-hybridized carbons (Fsp3) is 0.857. The standard InChI is InChI=1S/C77H142O6/c1-4-7-10-13-16-19-22-25-28-30-32-34-36-38-39-40-42-43-45-47-49-52-55-58-61-64-67-70-76(79)82-73-74(72-81-75(78)69-66-63-60-57-54-51-27-24-21-18-15-12-9-6-3)83-77(80)71-68-65-62-59-56-53-50-48-46-44-41-37-35-33-31-29-26-23-20-17-14-11-8-5-2/h7,10,16,19,25,28,32,34,74H,4-6,8-9,11-15,17-18,20-24,26-27,29-31,33,35-73H2,1-3H3/b10-7-,19-16-,28-25-,34-32-. The van der Waals surface area contributed by atoms with Gasteiger partial charge in [0.1, 0.15) is 13.2 Å². The van der Waals surface area contributed by atoms with Crippen molar-refractivity contribution < 1.29 is 28.6 Å². The second-order valence-electron chi connectivity index (χ2n) is 25.2. The highest BCUT2D eigenvalue weighted by Crippen LogP contribution is 2.19. The van der Waals surface area contributed by atoms with Gasteiger partial charge in [0.25, 0.3) is 0 Å². The van der Waals surface area contributed by atoms with Gasteiger partial charge in [-0.2, -0.15) is 0 Å². The molecular formula is C77H142O6. The summed E-state index contributed by atoms with van der Waals surface area (Å²) in [6, 6.07) is 0. The molecule has 0 aromatic carbocycles. The lowest BCUT2D eigenvalue weighted by Gasteiger charge is -2.18. The van der Waals surface area contributed by atoms with Crippen LogP contribution < -0.4 is 0 Å². The highest BCUT2D eigenvalue weighted by Gasteiger charge is 2.20. The van der Waals surface area contributed by atoms with Crippen LogP contribution in [-0.2, 0) is 28.6 Å². The number of rotatable bonds is 69. The molecule has 0 radical (unpaired) electrons. The lowest BCUT2D eigenvalue weighted by molar-refractivity contribution is -0.167. The number of carbonyl (C=O) groups excluding carboxylic acids is 3. The lowest BCUT2D eigenvalue weighted by Crippen LogP contribution is -2.30. The number of ether oxygens (including phenoxy) is 3. The molecule has 0 amide bonds. The van der Waals surface area contributed by atoms with Crippen molar-refractivity contribution >= 4 is 17.9 Å². The summed E-state index contributed by atoms with van der Waals surface area (Å²) in [5.41, 5.74) is 0. The van der Waals surface area contributed by atoms with Crippen molar-refractivity contribution in [3.8, 4) is 0 Å².